The van der Waals surface area contributed by atoms with Crippen LogP contribution in [-0.2, 0) is 18.5 Å². The molecular formula is C99H86BBr4F9LiN8O9P. The molecule has 6 N–H and O–H groups in total. The second-order valence-corrected chi connectivity index (χ2v) is 32.8. The van der Waals surface area contributed by atoms with Gasteiger partial charge in [-0.3, -0.25) is 4.79 Å². The van der Waals surface area contributed by atoms with Crippen LogP contribution >= 0.6 is 55.1 Å². The smallest absolute Gasteiger partial charge is 1.00 e. The number of hydrogen-bond acceptors (Lipinski definition) is 17. The first kappa shape index (κ1) is 111. The van der Waals surface area contributed by atoms with Gasteiger partial charge in [0.05, 0.1) is 69.8 Å². The molecule has 0 radical (unpaired) electrons. The predicted molar refractivity (Wildman–Crippen MR) is 507 cm³/mol. The number of phenols is 2. The molecule has 33 heteroatoms. The Morgan fingerprint density at radius 1 is 0.424 bits per heavy atom. The summed E-state index contributed by atoms with van der Waals surface area (Å²) in [5, 5.41) is 58.1. The summed E-state index contributed by atoms with van der Waals surface area (Å²) in [6, 6.07) is 92.8. The average molecular weight is 2070 g/mol. The largest absolute Gasteiger partial charge is 1.00 e. The Balaban J connectivity index is 0.000000273. The molecule has 8 heterocycles. The van der Waals surface area contributed by atoms with Crippen molar-refractivity contribution in [1.29, 1.82) is 0 Å². The van der Waals surface area contributed by atoms with E-state index in [0.717, 1.165) is 92.8 Å². The Bertz CT molecular complexity index is 5790. The van der Waals surface area contributed by atoms with Crippen molar-refractivity contribution in [3.05, 3.63) is 420 Å². The Morgan fingerprint density at radius 3 is 1.05 bits per heavy atom. The Hall–Kier alpha value is -11.9. The van der Waals surface area contributed by atoms with E-state index >= 15 is 0 Å². The van der Waals surface area contributed by atoms with Crippen molar-refractivity contribution in [3.63, 3.8) is 0 Å². The molecule has 0 amide bonds. The molecule has 0 spiro atoms. The van der Waals surface area contributed by atoms with Crippen molar-refractivity contribution in [3.8, 4) is 68.5 Å². The third-order valence-electron chi connectivity index (χ3n) is 17.5. The van der Waals surface area contributed by atoms with Crippen molar-refractivity contribution in [1.82, 2.24) is 39.9 Å². The van der Waals surface area contributed by atoms with Crippen LogP contribution in [-0.4, -0.2) is 97.0 Å². The zero-order valence-electron chi connectivity index (χ0n) is 71.0. The number of aldehydes is 1. The molecule has 0 unspecified atom stereocenters. The minimum Gasteiger partial charge on any atom is -1.00 e. The molecule has 0 aliphatic rings. The third kappa shape index (κ3) is 37.7. The molecule has 0 bridgehead atoms. The molecule has 7 aromatic carbocycles. The molecule has 0 saturated heterocycles. The first-order chi connectivity index (χ1) is 62.2. The normalized spacial score (nSPS) is 10.7. The number of halogens is 13. The molecule has 0 aliphatic carbocycles. The maximum Gasteiger partial charge on any atom is 1.00 e. The number of rotatable bonds is 18. The number of aromatic nitrogens is 8. The standard InChI is InChI=1S/C19H15F3N2O3.C19H13F3N2O.C19H18P.C13H11NO.C7H6BrN.C6H7BO3.C6H3BrF3N.C6H4BrNO.C4H9.BrH.Li/c20-19(21,22)13-6-9-18(23-10-13)27-14-7-4-12(5-8-14)15-2-1-3-16(24-15)17(26)11-25;1-2-15-4-3-5-17(24-15)13-6-9-16(10-7-13)25-18-11-8-14(12-23-18)19(20,21)22;1-20(17-11-5-2-6-12-17,18-13-7-3-8-14-18)19-15-9-4-10-16-19;1-2-11-4-3-5-13(14-11)10-6-8-12(15)9-7-10;1-2-6-4-3-5-7(8)9-6;8-6-3-1-5(2-4-6)7(9)10;7-5-2-1-4(3-11-5)6(8,9)10;7-6-3-1-2-5(4-9)8-6;1-3-4-2;;/h1-10,17,25-26H,11H2;2-12H,1H2;2-16H,1H3;2-9,15H,1H2;2-5H,1H2;1-4,8-10H;1-3H;1-4H;1,3-4H2,2H3;1H;/q;;+1;;;;;;-1;;+1/p-1/t17-;;;;;;;;;;/m0........../s1. The number of aliphatic hydroxyl groups is 2. The van der Waals surface area contributed by atoms with Gasteiger partial charge in [-0.1, -0.05) is 130 Å². The van der Waals surface area contributed by atoms with E-state index in [-0.39, 0.29) is 59.1 Å². The number of unbranched alkanes of at least 4 members (excludes halogenated alkanes) is 1. The van der Waals surface area contributed by atoms with E-state index in [1.807, 2.05) is 78.9 Å². The molecule has 132 heavy (non-hydrogen) atoms. The first-order valence-electron chi connectivity index (χ1n) is 39.1. The number of hydrogen-bond donors (Lipinski definition) is 6. The monoisotopic (exact) mass is 2070 g/mol. The van der Waals surface area contributed by atoms with Crippen molar-refractivity contribution in [2.45, 2.75) is 44.4 Å². The molecule has 15 aromatic rings. The van der Waals surface area contributed by atoms with Crippen LogP contribution in [0.2, 0.25) is 0 Å². The van der Waals surface area contributed by atoms with Crippen molar-refractivity contribution in [2.24, 2.45) is 0 Å². The maximum atomic E-state index is 12.5. The number of aliphatic hydroxyl groups excluding tert-OH is 2. The molecule has 17 nitrogen and oxygen atoms in total. The van der Waals surface area contributed by atoms with Gasteiger partial charge < -0.3 is 63.9 Å². The number of alkyl halides is 9. The van der Waals surface area contributed by atoms with Gasteiger partial charge in [-0.05, 0) is 278 Å². The second-order valence-electron chi connectivity index (χ2n) is 26.8. The zero-order chi connectivity index (χ0) is 94.7. The molecule has 0 saturated carbocycles. The van der Waals surface area contributed by atoms with Gasteiger partial charge in [-0.15, -0.1) is 0 Å². The van der Waals surface area contributed by atoms with Crippen molar-refractivity contribution < 1.29 is 120 Å². The molecular weight excluding hydrogens is 1980 g/mol. The van der Waals surface area contributed by atoms with E-state index in [0.29, 0.717) is 55.7 Å². The number of nitrogens with zero attached hydrogens (tertiary/aromatic N) is 8. The summed E-state index contributed by atoms with van der Waals surface area (Å²) in [5.41, 5.74) is 6.17. The summed E-state index contributed by atoms with van der Waals surface area (Å²) in [4.78, 5) is 41.9. The quantitative estimate of drug-likeness (QED) is 0.0116. The number of aromatic hydroxyl groups is 2. The predicted octanol–water partition coefficient (Wildman–Crippen LogP) is 18.0. The van der Waals surface area contributed by atoms with E-state index in [4.69, 9.17) is 34.8 Å². The maximum absolute atomic E-state index is 12.5. The summed E-state index contributed by atoms with van der Waals surface area (Å²) < 4.78 is 124. The topological polar surface area (TPSA) is 260 Å². The molecule has 676 valence electrons. The van der Waals surface area contributed by atoms with Crippen LogP contribution in [0.3, 0.4) is 0 Å². The fourth-order valence-corrected chi connectivity index (χ4v) is 14.8. The van der Waals surface area contributed by atoms with E-state index in [1.165, 1.54) is 58.7 Å². The number of carbonyl (C=O) groups excluding carboxylic acids is 1. The minimum atomic E-state index is -4.45. The Morgan fingerprint density at radius 2 is 0.750 bits per heavy atom. The minimum absolute atomic E-state index is 0. The van der Waals surface area contributed by atoms with Gasteiger partial charge in [-0.25, -0.2) is 39.9 Å². The van der Waals surface area contributed by atoms with E-state index in [1.54, 1.807) is 103 Å². The summed E-state index contributed by atoms with van der Waals surface area (Å²) in [6.45, 7) is 18.7. The summed E-state index contributed by atoms with van der Waals surface area (Å²) in [7, 11) is -2.98. The third-order valence-corrected chi connectivity index (χ3v) is 22.8. The summed E-state index contributed by atoms with van der Waals surface area (Å²) in [6.07, 6.45) is -3.90. The van der Waals surface area contributed by atoms with Crippen molar-refractivity contribution in [2.75, 3.05) is 13.3 Å². The van der Waals surface area contributed by atoms with Crippen LogP contribution < -0.4 is 66.7 Å². The fraction of sp³-hybridized carbons (Fsp3) is 0.0909. The van der Waals surface area contributed by atoms with E-state index < -0.39 is 62.3 Å². The summed E-state index contributed by atoms with van der Waals surface area (Å²) >= 11 is 9.31. The van der Waals surface area contributed by atoms with Gasteiger partial charge in [0.2, 0.25) is 11.8 Å². The molecule has 0 fully saturated rings. The molecule has 8 aromatic heterocycles. The van der Waals surface area contributed by atoms with Gasteiger partial charge in [-0.2, -0.15) is 45.9 Å². The van der Waals surface area contributed by atoms with Gasteiger partial charge in [0.25, 0.3) is 0 Å². The number of phenolic OH excluding ortho intramolecular Hbond substituents is 2. The van der Waals surface area contributed by atoms with Crippen molar-refractivity contribution >= 4 is 108 Å². The first-order valence-corrected chi connectivity index (χ1v) is 43.7. The SMILES string of the molecule is C=Cc1cccc(-c2ccc(O)cc2)n1.C=Cc1cccc(-c2ccc(Oc3ccc(C(F)(F)F)cn3)cc2)n1.C=Cc1cccc(Br)n1.C[P+](c1ccccc1)(c1ccccc1)c1ccccc1.FC(F)(F)c1ccc(Br)nc1.O=Cc1cccc(Br)n1.OB(O)c1ccc(O)cc1.OC[C@H](O)c1cccc(-c2ccc(Oc3ccc(C(F)(F)F)cn3)cc2)n1.[Br-].[CH2-]CCC.[Li+]. The van der Waals surface area contributed by atoms with Crippen LogP contribution in [0.1, 0.15) is 75.8 Å². The van der Waals surface area contributed by atoms with Gasteiger partial charge in [0.15, 0.2) is 6.29 Å². The number of ether oxygens (including phenoxy) is 2. The van der Waals surface area contributed by atoms with Crippen LogP contribution in [0.4, 0.5) is 39.5 Å². The average Bonchev–Trinajstić information content (AvgIpc) is 0.768. The van der Waals surface area contributed by atoms with Gasteiger partial charge >= 0.3 is 44.5 Å². The van der Waals surface area contributed by atoms with Gasteiger partial charge in [0.1, 0.15) is 71.8 Å². The summed E-state index contributed by atoms with van der Waals surface area (Å²) in [5.74, 6) is 1.38. The van der Waals surface area contributed by atoms with Crippen LogP contribution in [0.15, 0.2) is 368 Å². The molecule has 0 aliphatic heterocycles. The van der Waals surface area contributed by atoms with E-state index in [9.17, 15) is 49.4 Å². The molecule has 15 rings (SSSR count). The van der Waals surface area contributed by atoms with E-state index in [2.05, 4.69) is 219 Å². The number of benzene rings is 7. The molecule has 1 atom stereocenters. The Labute approximate surface area is 807 Å². The fourth-order valence-electron chi connectivity index (χ4n) is 10.7. The van der Waals surface area contributed by atoms with Crippen LogP contribution in [0.25, 0.3) is 52.0 Å². The second kappa shape index (κ2) is 56.7. The van der Waals surface area contributed by atoms with Crippen LogP contribution in [0.5, 0.6) is 34.8 Å². The zero-order valence-corrected chi connectivity index (χ0v) is 78.3. The van der Waals surface area contributed by atoms with Crippen LogP contribution in [0, 0.1) is 6.92 Å². The Kier molecular flexibility index (Phi) is 47.5. The van der Waals surface area contributed by atoms with Gasteiger partial charge in [0, 0.05) is 47.4 Å². The number of carbonyl (C=O) groups is 1. The number of pyridine rings is 8.